The van der Waals surface area contributed by atoms with E-state index in [0.29, 0.717) is 48.0 Å². The van der Waals surface area contributed by atoms with Crippen molar-refractivity contribution in [3.05, 3.63) is 206 Å². The van der Waals surface area contributed by atoms with Crippen LogP contribution in [0.3, 0.4) is 0 Å². The van der Waals surface area contributed by atoms with Crippen LogP contribution < -0.4 is 33.4 Å². The number of nitrogens with two attached hydrogens (primary N) is 5. The topological polar surface area (TPSA) is 332 Å². The van der Waals surface area contributed by atoms with Crippen LogP contribution in [0.2, 0.25) is 0 Å². The van der Waals surface area contributed by atoms with E-state index in [0.717, 1.165) is 201 Å². The number of ether oxygens (including phenoxy) is 3. The first kappa shape index (κ1) is 95.9. The van der Waals surface area contributed by atoms with Gasteiger partial charge in [-0.3, -0.25) is 0 Å². The van der Waals surface area contributed by atoms with E-state index in [4.69, 9.17) is 98.6 Å². The number of aromatic nitrogens is 2. The molecule has 0 saturated heterocycles. The lowest BCUT2D eigenvalue weighted by molar-refractivity contribution is -0.249. The van der Waals surface area contributed by atoms with Gasteiger partial charge in [-0.05, 0) is 345 Å². The van der Waals surface area contributed by atoms with Crippen molar-refractivity contribution in [2.24, 2.45) is 104 Å². The van der Waals surface area contributed by atoms with Crippen LogP contribution >= 0.6 is 0 Å². The molecular formula is C109H138F2N18O9. The minimum Gasteiger partial charge on any atom is -0.508 e. The molecule has 6 fully saturated rings. The summed E-state index contributed by atoms with van der Waals surface area (Å²) in [4.78, 5) is 60.6. The number of alkyl halides is 2. The van der Waals surface area contributed by atoms with Gasteiger partial charge in [0.05, 0.1) is 43.2 Å². The van der Waals surface area contributed by atoms with Crippen molar-refractivity contribution in [1.29, 1.82) is 0 Å². The minimum atomic E-state index is -1.26. The third kappa shape index (κ3) is 16.7. The van der Waals surface area contributed by atoms with Gasteiger partial charge in [0.15, 0.2) is 18.4 Å². The monoisotopic (exact) mass is 1880 g/mol. The fraction of sp³-hybridized carbons (Fsp3) is 0.560. The van der Waals surface area contributed by atoms with Crippen LogP contribution in [0.5, 0.6) is 11.5 Å². The van der Waals surface area contributed by atoms with Crippen molar-refractivity contribution >= 4 is 35.5 Å². The molecule has 16 aliphatic rings. The van der Waals surface area contributed by atoms with Crippen molar-refractivity contribution in [3.8, 4) is 45.7 Å². The molecular weight excluding hydrogens is 1740 g/mol. The van der Waals surface area contributed by atoms with E-state index in [2.05, 4.69) is 148 Å². The number of phenolic OH excluding ortho intramolecular Hbond substituents is 1. The van der Waals surface area contributed by atoms with E-state index in [9.17, 15) is 13.9 Å². The van der Waals surface area contributed by atoms with Crippen LogP contribution in [0.1, 0.15) is 272 Å². The van der Waals surface area contributed by atoms with E-state index in [1.165, 1.54) is 93.0 Å². The number of aromatic hydroxyl groups is 1. The Kier molecular flexibility index (Phi) is 25.6. The Labute approximate surface area is 811 Å². The molecule has 6 saturated carbocycles. The van der Waals surface area contributed by atoms with Gasteiger partial charge in [0, 0.05) is 99.3 Å². The number of hydroxylamine groups is 10. The van der Waals surface area contributed by atoms with Gasteiger partial charge < -0.3 is 48.0 Å². The van der Waals surface area contributed by atoms with Crippen molar-refractivity contribution < 1.29 is 52.3 Å². The summed E-state index contributed by atoms with van der Waals surface area (Å²) in [5, 5.41) is 26.6. The predicted octanol–water partition coefficient (Wildman–Crippen LogP) is 19.1. The van der Waals surface area contributed by atoms with Crippen molar-refractivity contribution in [2.45, 2.75) is 308 Å². The number of benzene rings is 6. The summed E-state index contributed by atoms with van der Waals surface area (Å²) in [6, 6.07) is 43.1. The molecule has 11 N–H and O–H groups in total. The Morgan fingerprint density at radius 2 is 0.819 bits per heavy atom. The van der Waals surface area contributed by atoms with Crippen LogP contribution in [0.4, 0.5) is 14.5 Å². The Balaban J connectivity index is 0.000000111. The Bertz CT molecular complexity index is 6010. The van der Waals surface area contributed by atoms with E-state index < -0.39 is 41.3 Å². The summed E-state index contributed by atoms with van der Waals surface area (Å²) in [6.07, 6.45) is 26.3. The molecule has 11 aliphatic carbocycles. The third-order valence-corrected chi connectivity index (χ3v) is 33.3. The summed E-state index contributed by atoms with van der Waals surface area (Å²) in [6.45, 7) is 28.1. The van der Waals surface area contributed by atoms with Crippen molar-refractivity contribution in [2.75, 3.05) is 27.7 Å². The molecule has 7 atom stereocenters. The van der Waals surface area contributed by atoms with E-state index in [-0.39, 0.29) is 57.1 Å². The van der Waals surface area contributed by atoms with E-state index >= 15 is 0 Å². The minimum absolute atomic E-state index is 0.0130. The van der Waals surface area contributed by atoms with Gasteiger partial charge in [0.2, 0.25) is 58.4 Å². The third-order valence-electron chi connectivity index (χ3n) is 33.3. The molecule has 29 heteroatoms. The highest BCUT2D eigenvalue weighted by Gasteiger charge is 2.70. The van der Waals surface area contributed by atoms with Crippen LogP contribution in [0.25, 0.3) is 27.2 Å². The molecule has 1 aromatic heterocycles. The molecule has 6 heterocycles. The zero-order valence-corrected chi connectivity index (χ0v) is 82.4. The molecule has 27 nitrogen and oxygen atoms in total. The fourth-order valence-electron chi connectivity index (χ4n) is 25.7. The average molecular weight is 1880 g/mol. The number of phenols is 1. The SMILES string of the molecule is CC(F)OC1CCC2(CC1)Cc1ccc(C#CC3CC3)cc1C21N=C(N)N(C)O1.CC1CCC2(CC1)Cc1ccc(-c3cccnn3)cc1C21N=C(N)N(C)O1.CC1CCC2(CC1)Cc1ccc(O)cc1C21N=C(N)N(C(C)C)O1.CCOc1ccc2c(c1)C1(N=C(N)N(C(C)C)O1)C1(CCC(C)CC1)C2.[C-]#[N+]c1cccc(-c2ccc3c(c2)C2(N=C(N)N(C)O2)C2(CCC(OC(C)F)CC2)C3)c1. The van der Waals surface area contributed by atoms with Gasteiger partial charge in [-0.15, -0.1) is 0 Å². The van der Waals surface area contributed by atoms with Crippen LogP contribution in [0, 0.1) is 69.2 Å². The highest BCUT2D eigenvalue weighted by Crippen LogP contribution is 2.69. The quantitative estimate of drug-likeness (QED) is 0.0547. The molecule has 7 unspecified atom stereocenters. The molecule has 0 radical (unpaired) electrons. The number of nitrogens with zero attached hydrogens (tertiary/aromatic N) is 13. The molecule has 6 aromatic carbocycles. The van der Waals surface area contributed by atoms with Gasteiger partial charge in [0.1, 0.15) is 11.5 Å². The molecule has 10 spiro atoms. The molecule has 0 bridgehead atoms. The first-order valence-corrected chi connectivity index (χ1v) is 50.4. The van der Waals surface area contributed by atoms with Gasteiger partial charge in [-0.25, -0.2) is 88.1 Å². The first-order chi connectivity index (χ1) is 66.1. The number of aliphatic imine (C=N–C) groups is 5. The highest BCUT2D eigenvalue weighted by molar-refractivity contribution is 5.83. The van der Waals surface area contributed by atoms with Gasteiger partial charge >= 0.3 is 0 Å². The highest BCUT2D eigenvalue weighted by atomic mass is 19.1. The number of guanidine groups is 5. The molecule has 23 rings (SSSR count). The largest absolute Gasteiger partial charge is 0.508 e. The Morgan fingerprint density at radius 1 is 0.442 bits per heavy atom. The van der Waals surface area contributed by atoms with E-state index in [1.54, 1.807) is 57.7 Å². The second-order valence-electron chi connectivity index (χ2n) is 43.0. The molecule has 732 valence electrons. The number of hydrogen-bond donors (Lipinski definition) is 6. The summed E-state index contributed by atoms with van der Waals surface area (Å²) in [5.41, 5.74) is 43.8. The maximum atomic E-state index is 13.4. The lowest BCUT2D eigenvalue weighted by Gasteiger charge is -2.45. The molecule has 0 amide bonds. The number of hydrogen-bond acceptors (Lipinski definition) is 26. The standard InChI is InChI=1S/C25H27FN4O2.C23H28FN3O2.C21H25N5O.C21H31N3O2.C19H27N3O2/c1-16(26)31-21-9-11-24(12-10-21)15-19-8-7-18(17-5-4-6-20(13-17)28-2)14-22(19)25(24)29-23(27)30(3)32-25;1-15(24)28-19-9-11-22(12-10-19)14-18-8-7-17(6-5-16-3-4-16)13-20(18)23(22)26-21(25)27(2)29-23;1-14-7-9-20(10-8-14)13-16-6-5-15(18-4-3-11-23-25-18)12-17(16)21(20)24-19(22)26(2)27-21;1-5-25-17-7-6-16-13-20(10-8-15(4)9-11-20)21(18(16)12-17)23-19(22)24(26-21)14(2)3;1-12(2)22-17(20)21-19(24-22)16-10-15(23)5-4-14(16)11-18(19)8-6-13(3)7-9-18/h4-8,13-14,16,21H,9-12,15H2,1,3H3,(H2,27,29);7-8,13,15-16,19H,3-4,9-12,14H2,1-2H3,(H2,25,26);3-6,11-12,14H,7-10,13H2,1-2H3,(H2,22,24);6-7,12,14-15H,5,8-11,13H2,1-4H3,(H2,22,23);4-5,10,12-13,23H,6-9,11H2,1-3H3,(H2,20,21). The summed E-state index contributed by atoms with van der Waals surface area (Å²) in [7, 11) is 5.43. The zero-order chi connectivity index (χ0) is 97.0. The average Bonchev–Trinajstić information content (AvgIpc) is 1.55. The van der Waals surface area contributed by atoms with Crippen LogP contribution in [-0.2, 0) is 94.4 Å². The lowest BCUT2D eigenvalue weighted by atomic mass is 9.65. The van der Waals surface area contributed by atoms with Gasteiger partial charge in [-0.2, -0.15) is 10.2 Å². The zero-order valence-electron chi connectivity index (χ0n) is 82.4. The number of halogens is 2. The summed E-state index contributed by atoms with van der Waals surface area (Å²) in [5.74, 6) is 12.8. The normalized spacial score (nSPS) is 32.7. The van der Waals surface area contributed by atoms with E-state index in [1.807, 2.05) is 56.4 Å². The second-order valence-corrected chi connectivity index (χ2v) is 43.0. The van der Waals surface area contributed by atoms with Crippen molar-refractivity contribution in [1.82, 2.24) is 35.5 Å². The maximum absolute atomic E-state index is 13.4. The summed E-state index contributed by atoms with van der Waals surface area (Å²) >= 11 is 0. The first-order valence-electron chi connectivity index (χ1n) is 50.4. The lowest BCUT2D eigenvalue weighted by Crippen LogP contribution is -2.47. The molecule has 5 aliphatic heterocycles. The van der Waals surface area contributed by atoms with Crippen LogP contribution in [-0.4, -0.2) is 135 Å². The number of fused-ring (bicyclic) bond motifs is 15. The maximum Gasteiger partial charge on any atom is 0.220 e. The van der Waals surface area contributed by atoms with Crippen LogP contribution in [0.15, 0.2) is 159 Å². The van der Waals surface area contributed by atoms with Gasteiger partial charge in [-0.1, -0.05) is 93.3 Å². The fourth-order valence-corrected chi connectivity index (χ4v) is 25.7. The predicted molar refractivity (Wildman–Crippen MR) is 528 cm³/mol. The molecule has 138 heavy (non-hydrogen) atoms. The summed E-state index contributed by atoms with van der Waals surface area (Å²) < 4.78 is 43.4. The van der Waals surface area contributed by atoms with Gasteiger partial charge in [0.25, 0.3) is 0 Å². The second kappa shape index (κ2) is 36.9. The smallest absolute Gasteiger partial charge is 0.220 e. The Morgan fingerprint density at radius 3 is 1.21 bits per heavy atom. The molecule has 7 aromatic rings. The Hall–Kier alpha value is -11.0. The number of rotatable bonds is 10. The van der Waals surface area contributed by atoms with Crippen molar-refractivity contribution in [3.63, 3.8) is 0 Å².